The Morgan fingerprint density at radius 2 is 2.10 bits per heavy atom. The van der Waals surface area contributed by atoms with Crippen molar-refractivity contribution in [3.8, 4) is 0 Å². The van der Waals surface area contributed by atoms with Crippen LogP contribution in [-0.2, 0) is 11.8 Å². The molecule has 1 unspecified atom stereocenters. The fourth-order valence-electron chi connectivity index (χ4n) is 3.06. The molecule has 1 saturated heterocycles. The molecule has 116 valence electrons. The first-order valence-electron chi connectivity index (χ1n) is 6.91. The standard InChI is InChI=1S/C14H18Cl2N2O3/c1-3-5-14(13(20)21)6-4-7-18(14)12(19)10-8-9(15)11(16)17(10)2/h8H,3-7H2,1-2H3,(H,20,21). The van der Waals surface area contributed by atoms with Crippen LogP contribution < -0.4 is 0 Å². The van der Waals surface area contributed by atoms with Crippen LogP contribution in [0.25, 0.3) is 0 Å². The predicted octanol–water partition coefficient (Wildman–Crippen LogP) is 3.19. The van der Waals surface area contributed by atoms with Gasteiger partial charge in [-0.2, -0.15) is 0 Å². The molecule has 0 bridgehead atoms. The lowest BCUT2D eigenvalue weighted by Crippen LogP contribution is -2.53. The smallest absolute Gasteiger partial charge is 0.329 e. The summed E-state index contributed by atoms with van der Waals surface area (Å²) in [5.41, 5.74) is -0.802. The van der Waals surface area contributed by atoms with Crippen molar-refractivity contribution in [2.75, 3.05) is 6.54 Å². The molecule has 0 aromatic carbocycles. The molecule has 1 aromatic heterocycles. The molecular formula is C14H18Cl2N2O3. The van der Waals surface area contributed by atoms with Crippen molar-refractivity contribution in [3.05, 3.63) is 21.9 Å². The molecule has 1 aliphatic heterocycles. The second-order valence-corrected chi connectivity index (χ2v) is 6.14. The number of carbonyl (C=O) groups excluding carboxylic acids is 1. The van der Waals surface area contributed by atoms with E-state index in [1.165, 1.54) is 15.5 Å². The number of aromatic nitrogens is 1. The Balaban J connectivity index is 2.41. The first-order chi connectivity index (χ1) is 9.85. The van der Waals surface area contributed by atoms with E-state index in [0.29, 0.717) is 37.9 Å². The number of nitrogens with zero attached hydrogens (tertiary/aromatic N) is 2. The first kappa shape index (κ1) is 16.2. The van der Waals surface area contributed by atoms with Gasteiger partial charge in [-0.1, -0.05) is 36.5 Å². The third-order valence-electron chi connectivity index (χ3n) is 4.13. The minimum Gasteiger partial charge on any atom is -0.479 e. The minimum atomic E-state index is -1.12. The summed E-state index contributed by atoms with van der Waals surface area (Å²) in [4.78, 5) is 26.0. The summed E-state index contributed by atoms with van der Waals surface area (Å²) in [5.74, 6) is -1.28. The van der Waals surface area contributed by atoms with Crippen LogP contribution in [0.3, 0.4) is 0 Å². The molecule has 1 aromatic rings. The fraction of sp³-hybridized carbons (Fsp3) is 0.571. The van der Waals surface area contributed by atoms with E-state index >= 15 is 0 Å². The molecule has 1 N–H and O–H groups in total. The van der Waals surface area contributed by atoms with E-state index in [4.69, 9.17) is 23.2 Å². The van der Waals surface area contributed by atoms with Crippen molar-refractivity contribution in [1.29, 1.82) is 0 Å². The molecule has 1 fully saturated rings. The van der Waals surface area contributed by atoms with Crippen LogP contribution in [-0.4, -0.2) is 38.5 Å². The maximum Gasteiger partial charge on any atom is 0.329 e. The van der Waals surface area contributed by atoms with Gasteiger partial charge in [-0.3, -0.25) is 4.79 Å². The molecule has 21 heavy (non-hydrogen) atoms. The highest BCUT2D eigenvalue weighted by Crippen LogP contribution is 2.36. The minimum absolute atomic E-state index is 0.274. The Morgan fingerprint density at radius 1 is 1.43 bits per heavy atom. The molecule has 0 spiro atoms. The molecule has 2 heterocycles. The average Bonchev–Trinajstić information content (AvgIpc) is 2.97. The Bertz CT molecular complexity index is 585. The Labute approximate surface area is 133 Å². The van der Waals surface area contributed by atoms with Gasteiger partial charge in [0.1, 0.15) is 16.4 Å². The number of likely N-dealkylation sites (tertiary alicyclic amines) is 1. The zero-order valence-corrected chi connectivity index (χ0v) is 13.5. The number of amides is 1. The van der Waals surface area contributed by atoms with Gasteiger partial charge in [-0.05, 0) is 25.3 Å². The van der Waals surface area contributed by atoms with Crippen molar-refractivity contribution in [1.82, 2.24) is 9.47 Å². The van der Waals surface area contributed by atoms with E-state index in [1.807, 2.05) is 6.92 Å². The van der Waals surface area contributed by atoms with Crippen LogP contribution in [0.2, 0.25) is 10.2 Å². The van der Waals surface area contributed by atoms with E-state index in [2.05, 4.69) is 0 Å². The highest BCUT2D eigenvalue weighted by atomic mass is 35.5. The number of carboxylic acid groups (broad SMARTS) is 1. The molecule has 0 radical (unpaired) electrons. The van der Waals surface area contributed by atoms with Gasteiger partial charge in [0, 0.05) is 13.6 Å². The normalized spacial score (nSPS) is 21.8. The van der Waals surface area contributed by atoms with Crippen LogP contribution in [0.1, 0.15) is 43.1 Å². The maximum absolute atomic E-state index is 12.8. The number of hydrogen-bond donors (Lipinski definition) is 1. The molecule has 2 rings (SSSR count). The van der Waals surface area contributed by atoms with Crippen LogP contribution in [0.4, 0.5) is 0 Å². The number of aliphatic carboxylic acids is 1. The van der Waals surface area contributed by atoms with Gasteiger partial charge in [0.25, 0.3) is 5.91 Å². The highest BCUT2D eigenvalue weighted by molar-refractivity contribution is 6.41. The monoisotopic (exact) mass is 332 g/mol. The van der Waals surface area contributed by atoms with Crippen molar-refractivity contribution in [3.63, 3.8) is 0 Å². The van der Waals surface area contributed by atoms with E-state index in [0.717, 1.165) is 0 Å². The van der Waals surface area contributed by atoms with Crippen molar-refractivity contribution in [2.45, 2.75) is 38.1 Å². The maximum atomic E-state index is 12.8. The quantitative estimate of drug-likeness (QED) is 0.920. The molecule has 0 aliphatic carbocycles. The molecule has 5 nitrogen and oxygen atoms in total. The van der Waals surface area contributed by atoms with E-state index in [9.17, 15) is 14.7 Å². The van der Waals surface area contributed by atoms with Crippen LogP contribution in [0, 0.1) is 0 Å². The second kappa shape index (κ2) is 5.89. The van der Waals surface area contributed by atoms with Gasteiger partial charge in [0.2, 0.25) is 0 Å². The lowest BCUT2D eigenvalue weighted by atomic mass is 9.90. The van der Waals surface area contributed by atoms with E-state index in [-0.39, 0.29) is 16.1 Å². The Kier molecular flexibility index (Phi) is 4.54. The van der Waals surface area contributed by atoms with Gasteiger partial charge in [0.05, 0.1) is 5.02 Å². The third kappa shape index (κ3) is 2.53. The number of carboxylic acids is 1. The van der Waals surface area contributed by atoms with E-state index < -0.39 is 11.5 Å². The molecule has 0 saturated carbocycles. The summed E-state index contributed by atoms with van der Waals surface area (Å²) in [6.45, 7) is 2.35. The Hall–Kier alpha value is -1.20. The average molecular weight is 333 g/mol. The number of hydrogen-bond acceptors (Lipinski definition) is 2. The summed E-state index contributed by atoms with van der Waals surface area (Å²) >= 11 is 11.9. The molecule has 1 amide bonds. The van der Waals surface area contributed by atoms with E-state index in [1.54, 1.807) is 7.05 Å². The number of carbonyl (C=O) groups is 2. The largest absolute Gasteiger partial charge is 0.479 e. The Morgan fingerprint density at radius 3 is 2.57 bits per heavy atom. The van der Waals surface area contributed by atoms with Crippen LogP contribution in [0.15, 0.2) is 6.07 Å². The molecule has 1 aliphatic rings. The zero-order valence-electron chi connectivity index (χ0n) is 12.0. The predicted molar refractivity (Wildman–Crippen MR) is 81.0 cm³/mol. The van der Waals surface area contributed by atoms with Crippen LogP contribution >= 0.6 is 23.2 Å². The lowest BCUT2D eigenvalue weighted by molar-refractivity contribution is -0.148. The number of halogens is 2. The van der Waals surface area contributed by atoms with Gasteiger partial charge >= 0.3 is 5.97 Å². The second-order valence-electron chi connectivity index (χ2n) is 5.37. The van der Waals surface area contributed by atoms with Gasteiger partial charge < -0.3 is 14.6 Å². The fourth-order valence-corrected chi connectivity index (χ4v) is 3.44. The van der Waals surface area contributed by atoms with Crippen molar-refractivity contribution in [2.24, 2.45) is 7.05 Å². The number of rotatable bonds is 4. The summed E-state index contributed by atoms with van der Waals surface area (Å²) in [6, 6.07) is 1.49. The molecular weight excluding hydrogens is 315 g/mol. The summed E-state index contributed by atoms with van der Waals surface area (Å²) < 4.78 is 1.49. The van der Waals surface area contributed by atoms with Gasteiger partial charge in [-0.15, -0.1) is 0 Å². The highest BCUT2D eigenvalue weighted by Gasteiger charge is 2.49. The molecule has 7 heteroatoms. The zero-order chi connectivity index (χ0) is 15.8. The van der Waals surface area contributed by atoms with Crippen molar-refractivity contribution < 1.29 is 14.7 Å². The first-order valence-corrected chi connectivity index (χ1v) is 7.67. The lowest BCUT2D eigenvalue weighted by Gasteiger charge is -2.34. The van der Waals surface area contributed by atoms with Gasteiger partial charge in [0.15, 0.2) is 0 Å². The SMILES string of the molecule is CCCC1(C(=O)O)CCCN1C(=O)c1cc(Cl)c(Cl)n1C. The summed E-state index contributed by atoms with van der Waals surface area (Å²) in [6.07, 6.45) is 2.31. The topological polar surface area (TPSA) is 62.5 Å². The van der Waals surface area contributed by atoms with Crippen molar-refractivity contribution >= 4 is 35.1 Å². The van der Waals surface area contributed by atoms with Crippen LogP contribution in [0.5, 0.6) is 0 Å². The summed E-state index contributed by atoms with van der Waals surface area (Å²) in [5, 5.41) is 10.2. The molecule has 1 atom stereocenters. The summed E-state index contributed by atoms with van der Waals surface area (Å²) in [7, 11) is 1.64. The third-order valence-corrected chi connectivity index (χ3v) is 4.97. The van der Waals surface area contributed by atoms with Gasteiger partial charge in [-0.25, -0.2) is 4.79 Å².